The van der Waals surface area contributed by atoms with Gasteiger partial charge in [-0.15, -0.1) is 0 Å². The molecule has 10 heteroatoms. The second kappa shape index (κ2) is 9.89. The fourth-order valence-electron chi connectivity index (χ4n) is 3.13. The smallest absolute Gasteiger partial charge is 0.266 e. The molecule has 0 saturated carbocycles. The maximum absolute atomic E-state index is 12.4. The molecule has 1 unspecified atom stereocenters. The number of ether oxygens (including phenoxy) is 1. The van der Waals surface area contributed by atoms with Crippen LogP contribution < -0.4 is 15.4 Å². The van der Waals surface area contributed by atoms with Crippen molar-refractivity contribution in [2.45, 2.75) is 20.0 Å². The largest absolute Gasteiger partial charge is 0.507 e. The van der Waals surface area contributed by atoms with E-state index in [2.05, 4.69) is 15.6 Å². The summed E-state index contributed by atoms with van der Waals surface area (Å²) >= 11 is 17.2. The number of halogens is 2. The molecule has 4 aromatic rings. The van der Waals surface area contributed by atoms with Crippen LogP contribution in [0.5, 0.6) is 11.5 Å². The topological polar surface area (TPSA) is 96.6 Å². The number of anilines is 1. The Bertz CT molecular complexity index is 1410. The van der Waals surface area contributed by atoms with Gasteiger partial charge in [0, 0.05) is 16.8 Å². The summed E-state index contributed by atoms with van der Waals surface area (Å²) in [5.41, 5.74) is 3.27. The van der Waals surface area contributed by atoms with Gasteiger partial charge in [0.05, 0.1) is 10.6 Å². The number of fused-ring (bicyclic) bond motifs is 1. The first kappa shape index (κ1) is 23.8. The zero-order chi connectivity index (χ0) is 24.4. The van der Waals surface area contributed by atoms with Gasteiger partial charge >= 0.3 is 0 Å². The van der Waals surface area contributed by atoms with Crippen LogP contribution in [0, 0.1) is 6.92 Å². The van der Waals surface area contributed by atoms with E-state index in [9.17, 15) is 9.90 Å². The number of nitrogens with zero attached hydrogens (tertiary/aromatic N) is 1. The summed E-state index contributed by atoms with van der Waals surface area (Å²) in [6, 6.07) is 15.2. The van der Waals surface area contributed by atoms with Crippen molar-refractivity contribution in [2.75, 3.05) is 5.32 Å². The fraction of sp³-hybridized carbons (Fsp3) is 0.125. The van der Waals surface area contributed by atoms with Crippen LogP contribution in [0.25, 0.3) is 22.6 Å². The lowest BCUT2D eigenvalue weighted by atomic mass is 10.2. The van der Waals surface area contributed by atoms with Gasteiger partial charge in [0.1, 0.15) is 17.0 Å². The van der Waals surface area contributed by atoms with Crippen LogP contribution in [0.1, 0.15) is 12.5 Å². The number of carbonyl (C=O) groups is 1. The Balaban J connectivity index is 1.39. The highest BCUT2D eigenvalue weighted by Crippen LogP contribution is 2.33. The molecule has 1 heterocycles. The molecule has 4 rings (SSSR count). The number of carbonyl (C=O) groups excluding carboxylic acids is 1. The highest BCUT2D eigenvalue weighted by Gasteiger charge is 2.18. The third-order valence-corrected chi connectivity index (χ3v) is 5.57. The van der Waals surface area contributed by atoms with Gasteiger partial charge < -0.3 is 19.6 Å². The molecule has 174 valence electrons. The monoisotopic (exact) mass is 515 g/mol. The van der Waals surface area contributed by atoms with Crippen molar-refractivity contribution >= 4 is 63.2 Å². The van der Waals surface area contributed by atoms with Crippen molar-refractivity contribution in [1.29, 1.82) is 0 Å². The summed E-state index contributed by atoms with van der Waals surface area (Å²) in [6.07, 6.45) is -0.878. The third kappa shape index (κ3) is 5.41. The van der Waals surface area contributed by atoms with E-state index in [1.54, 1.807) is 31.2 Å². The number of amides is 1. The van der Waals surface area contributed by atoms with Crippen molar-refractivity contribution in [3.05, 3.63) is 70.2 Å². The van der Waals surface area contributed by atoms with Gasteiger partial charge in [0.15, 0.2) is 16.8 Å². The number of phenolic OH excluding ortho intramolecular Hbond substituents is 1. The molecule has 34 heavy (non-hydrogen) atoms. The zero-order valence-electron chi connectivity index (χ0n) is 18.1. The van der Waals surface area contributed by atoms with E-state index in [4.69, 9.17) is 44.6 Å². The number of aryl methyl sites for hydroxylation is 1. The van der Waals surface area contributed by atoms with Gasteiger partial charge in [-0.25, -0.2) is 4.98 Å². The molecule has 1 amide bonds. The van der Waals surface area contributed by atoms with Crippen molar-refractivity contribution in [3.63, 3.8) is 0 Å². The lowest BCUT2D eigenvalue weighted by Crippen LogP contribution is -2.42. The molecule has 0 bridgehead atoms. The maximum Gasteiger partial charge on any atom is 0.266 e. The minimum atomic E-state index is -0.878. The van der Waals surface area contributed by atoms with Crippen molar-refractivity contribution in [3.8, 4) is 23.0 Å². The number of rotatable bonds is 5. The summed E-state index contributed by atoms with van der Waals surface area (Å²) in [5.74, 6) is 0.0810. The van der Waals surface area contributed by atoms with E-state index in [0.717, 1.165) is 5.56 Å². The van der Waals surface area contributed by atoms with Gasteiger partial charge in [-0.3, -0.25) is 10.1 Å². The number of nitrogens with one attached hydrogen (secondary N) is 2. The molecule has 0 radical (unpaired) electrons. The Morgan fingerprint density at radius 3 is 2.68 bits per heavy atom. The number of phenols is 1. The molecular weight excluding hydrogens is 497 g/mol. The predicted molar refractivity (Wildman–Crippen MR) is 137 cm³/mol. The van der Waals surface area contributed by atoms with Gasteiger partial charge in [-0.2, -0.15) is 0 Å². The summed E-state index contributed by atoms with van der Waals surface area (Å²) in [5, 5.41) is 16.7. The molecule has 3 N–H and O–H groups in total. The lowest BCUT2D eigenvalue weighted by molar-refractivity contribution is -0.125. The number of aromatic nitrogens is 1. The third-order valence-electron chi connectivity index (χ3n) is 4.83. The molecule has 0 fully saturated rings. The average Bonchev–Trinajstić information content (AvgIpc) is 3.18. The summed E-state index contributed by atoms with van der Waals surface area (Å²) in [4.78, 5) is 16.9. The van der Waals surface area contributed by atoms with Gasteiger partial charge in [0.25, 0.3) is 5.91 Å². The number of oxazole rings is 1. The molecule has 0 saturated heterocycles. The average molecular weight is 516 g/mol. The van der Waals surface area contributed by atoms with E-state index in [1.807, 2.05) is 25.1 Å². The Morgan fingerprint density at radius 1 is 1.15 bits per heavy atom. The van der Waals surface area contributed by atoms with E-state index < -0.39 is 12.0 Å². The molecule has 1 atom stereocenters. The van der Waals surface area contributed by atoms with Gasteiger partial charge in [-0.1, -0.05) is 29.3 Å². The molecule has 1 aromatic heterocycles. The van der Waals surface area contributed by atoms with Crippen LogP contribution >= 0.6 is 35.4 Å². The number of hydrogen-bond acceptors (Lipinski definition) is 6. The van der Waals surface area contributed by atoms with Crippen LogP contribution in [0.3, 0.4) is 0 Å². The van der Waals surface area contributed by atoms with Gasteiger partial charge in [-0.05, 0) is 74.1 Å². The number of aromatic hydroxyl groups is 1. The molecule has 0 aliphatic heterocycles. The summed E-state index contributed by atoms with van der Waals surface area (Å²) < 4.78 is 11.4. The standard InChI is InChI=1S/C24H19Cl2N3O4S/c1-12-3-7-18-21(9-12)33-23(28-18)16-6-5-15(11-19(16)30)27-24(34)29-22(31)13(2)32-20-8-4-14(25)10-17(20)26/h3-11,13,30H,1-2H3,(H2,27,29,31,34). The molecule has 0 aliphatic rings. The van der Waals surface area contributed by atoms with Crippen LogP contribution in [0.2, 0.25) is 10.0 Å². The first-order valence-corrected chi connectivity index (χ1v) is 11.3. The SMILES string of the molecule is Cc1ccc2nc(-c3ccc(NC(=S)NC(=O)C(C)Oc4ccc(Cl)cc4Cl)cc3O)oc2c1. The van der Waals surface area contributed by atoms with Crippen LogP contribution in [-0.4, -0.2) is 27.2 Å². The maximum atomic E-state index is 12.4. The Hall–Kier alpha value is -3.33. The molecular formula is C24H19Cl2N3O4S. The molecule has 0 spiro atoms. The number of thiocarbonyl (C=S) groups is 1. The van der Waals surface area contributed by atoms with E-state index in [-0.39, 0.29) is 15.9 Å². The lowest BCUT2D eigenvalue weighted by Gasteiger charge is -2.17. The second-order valence-electron chi connectivity index (χ2n) is 7.50. The first-order chi connectivity index (χ1) is 16.2. The molecule has 0 aliphatic carbocycles. The summed E-state index contributed by atoms with van der Waals surface area (Å²) in [7, 11) is 0. The Labute approximate surface area is 210 Å². The van der Waals surface area contributed by atoms with Crippen LogP contribution in [0.15, 0.2) is 59.0 Å². The first-order valence-electron chi connectivity index (χ1n) is 10.1. The van der Waals surface area contributed by atoms with E-state index in [1.165, 1.54) is 12.1 Å². The minimum absolute atomic E-state index is 0.0344. The number of hydrogen-bond donors (Lipinski definition) is 3. The molecule has 7 nitrogen and oxygen atoms in total. The van der Waals surface area contributed by atoms with E-state index >= 15 is 0 Å². The second-order valence-corrected chi connectivity index (χ2v) is 8.75. The molecule has 3 aromatic carbocycles. The Morgan fingerprint density at radius 2 is 1.94 bits per heavy atom. The van der Waals surface area contributed by atoms with E-state index in [0.29, 0.717) is 39.0 Å². The fourth-order valence-corrected chi connectivity index (χ4v) is 3.80. The normalized spacial score (nSPS) is 11.8. The van der Waals surface area contributed by atoms with Crippen LogP contribution in [-0.2, 0) is 4.79 Å². The van der Waals surface area contributed by atoms with Gasteiger partial charge in [0.2, 0.25) is 5.89 Å². The highest BCUT2D eigenvalue weighted by molar-refractivity contribution is 7.80. The highest BCUT2D eigenvalue weighted by atomic mass is 35.5. The predicted octanol–water partition coefficient (Wildman–Crippen LogP) is 6.10. The quantitative estimate of drug-likeness (QED) is 0.276. The van der Waals surface area contributed by atoms with Crippen molar-refractivity contribution < 1.29 is 19.1 Å². The Kier molecular flexibility index (Phi) is 6.92. The van der Waals surface area contributed by atoms with Crippen molar-refractivity contribution in [1.82, 2.24) is 10.3 Å². The van der Waals surface area contributed by atoms with Crippen LogP contribution in [0.4, 0.5) is 5.69 Å². The minimum Gasteiger partial charge on any atom is -0.507 e. The zero-order valence-corrected chi connectivity index (χ0v) is 20.4. The van der Waals surface area contributed by atoms with Crippen molar-refractivity contribution in [2.24, 2.45) is 0 Å². The summed E-state index contributed by atoms with van der Waals surface area (Å²) in [6.45, 7) is 3.52. The number of benzene rings is 3.